The van der Waals surface area contributed by atoms with Crippen LogP contribution in [0.2, 0.25) is 0 Å². The molecule has 4 rings (SSSR count). The first kappa shape index (κ1) is 20.3. The Kier molecular flexibility index (Phi) is 5.24. The zero-order chi connectivity index (χ0) is 21.6. The maximum Gasteiger partial charge on any atom is 0.250 e. The maximum atomic E-state index is 13.8. The van der Waals surface area contributed by atoms with Gasteiger partial charge < -0.3 is 20.8 Å². The van der Waals surface area contributed by atoms with Crippen molar-refractivity contribution in [1.29, 1.82) is 0 Å². The Labute approximate surface area is 175 Å². The molecule has 4 N–H and O–H groups in total. The van der Waals surface area contributed by atoms with E-state index in [2.05, 4.69) is 15.6 Å². The van der Waals surface area contributed by atoms with E-state index in [1.807, 2.05) is 32.1 Å². The van der Waals surface area contributed by atoms with E-state index in [4.69, 9.17) is 5.73 Å². The summed E-state index contributed by atoms with van der Waals surface area (Å²) in [5.41, 5.74) is 13.9. The minimum Gasteiger partial charge on any atom is -0.380 e. The molecule has 0 fully saturated rings. The van der Waals surface area contributed by atoms with Gasteiger partial charge in [0.05, 0.1) is 16.9 Å². The molecule has 1 aliphatic heterocycles. The highest BCUT2D eigenvalue weighted by atomic mass is 19.1. The standard InChI is InChI=1S/C23H28FN5O/c1-5-15-7-16(24)6-12(2)19(15)10-26-17-8-18-20(22(25)30)11-29-14(4)13(3)28-23(29)21(18)27-9-17/h6-7,11,17,26-27H,5,8-10H2,1-4H3,(H2,25,30). The molecule has 1 aromatic carbocycles. The summed E-state index contributed by atoms with van der Waals surface area (Å²) in [5.74, 6) is -0.634. The number of pyridine rings is 1. The maximum absolute atomic E-state index is 13.8. The lowest BCUT2D eigenvalue weighted by Crippen LogP contribution is -2.41. The number of hydrogen-bond acceptors (Lipinski definition) is 4. The van der Waals surface area contributed by atoms with Crippen molar-refractivity contribution in [2.45, 2.75) is 53.1 Å². The molecule has 0 aliphatic carbocycles. The summed E-state index contributed by atoms with van der Waals surface area (Å²) in [6.07, 6.45) is 3.25. The second-order valence-electron chi connectivity index (χ2n) is 8.11. The average molecular weight is 410 g/mol. The number of halogens is 1. The lowest BCUT2D eigenvalue weighted by Gasteiger charge is -2.29. The van der Waals surface area contributed by atoms with Crippen molar-refractivity contribution < 1.29 is 9.18 Å². The molecule has 1 amide bonds. The topological polar surface area (TPSA) is 84.5 Å². The fourth-order valence-electron chi connectivity index (χ4n) is 4.39. The smallest absolute Gasteiger partial charge is 0.250 e. The van der Waals surface area contributed by atoms with Gasteiger partial charge in [0, 0.05) is 31.0 Å². The molecule has 0 radical (unpaired) electrons. The Hall–Kier alpha value is -2.93. The summed E-state index contributed by atoms with van der Waals surface area (Å²) in [5, 5.41) is 7.05. The van der Waals surface area contributed by atoms with Crippen LogP contribution in [0.15, 0.2) is 18.3 Å². The van der Waals surface area contributed by atoms with Crippen molar-refractivity contribution in [3.63, 3.8) is 0 Å². The van der Waals surface area contributed by atoms with Crippen LogP contribution in [0.5, 0.6) is 0 Å². The number of carbonyl (C=O) groups excluding carboxylic acids is 1. The van der Waals surface area contributed by atoms with E-state index in [0.29, 0.717) is 25.1 Å². The third-order valence-electron chi connectivity index (χ3n) is 6.22. The number of hydrogen-bond donors (Lipinski definition) is 3. The number of nitrogens with one attached hydrogen (secondary N) is 2. The predicted molar refractivity (Wildman–Crippen MR) is 117 cm³/mol. The van der Waals surface area contributed by atoms with Crippen LogP contribution in [0, 0.1) is 26.6 Å². The number of benzene rings is 1. The van der Waals surface area contributed by atoms with E-state index in [1.54, 1.807) is 18.3 Å². The van der Waals surface area contributed by atoms with Crippen LogP contribution in [-0.4, -0.2) is 27.9 Å². The van der Waals surface area contributed by atoms with Crippen LogP contribution in [0.3, 0.4) is 0 Å². The van der Waals surface area contributed by atoms with Gasteiger partial charge in [-0.1, -0.05) is 6.92 Å². The number of rotatable bonds is 5. The van der Waals surface area contributed by atoms with Gasteiger partial charge in [0.1, 0.15) is 5.82 Å². The molecular formula is C23H28FN5O. The normalized spacial score (nSPS) is 15.8. The van der Waals surface area contributed by atoms with Crippen molar-refractivity contribution in [3.8, 4) is 0 Å². The molecule has 1 aliphatic rings. The summed E-state index contributed by atoms with van der Waals surface area (Å²) in [4.78, 5) is 16.9. The van der Waals surface area contributed by atoms with E-state index in [-0.39, 0.29) is 11.9 Å². The Bertz CT molecular complexity index is 1150. The number of aromatic nitrogens is 2. The zero-order valence-electron chi connectivity index (χ0n) is 17.9. The molecule has 2 aromatic heterocycles. The van der Waals surface area contributed by atoms with Crippen LogP contribution in [0.25, 0.3) is 5.65 Å². The summed E-state index contributed by atoms with van der Waals surface area (Å²) < 4.78 is 15.7. The molecular weight excluding hydrogens is 381 g/mol. The number of primary amides is 1. The molecule has 1 atom stereocenters. The largest absolute Gasteiger partial charge is 0.380 e. The van der Waals surface area contributed by atoms with Gasteiger partial charge in [-0.25, -0.2) is 9.37 Å². The Morgan fingerprint density at radius 3 is 2.83 bits per heavy atom. The lowest BCUT2D eigenvalue weighted by atomic mass is 9.94. The quantitative estimate of drug-likeness (QED) is 0.604. The molecule has 158 valence electrons. The van der Waals surface area contributed by atoms with E-state index >= 15 is 0 Å². The third-order valence-corrected chi connectivity index (χ3v) is 6.22. The van der Waals surface area contributed by atoms with Crippen molar-refractivity contribution in [1.82, 2.24) is 14.7 Å². The van der Waals surface area contributed by atoms with Crippen LogP contribution in [0.4, 0.5) is 10.1 Å². The summed E-state index contributed by atoms with van der Waals surface area (Å²) in [6, 6.07) is 3.31. The first-order valence-corrected chi connectivity index (χ1v) is 10.4. The van der Waals surface area contributed by atoms with Gasteiger partial charge in [0.25, 0.3) is 5.91 Å². The molecule has 3 heterocycles. The zero-order valence-corrected chi connectivity index (χ0v) is 17.9. The monoisotopic (exact) mass is 409 g/mol. The molecule has 6 nitrogen and oxygen atoms in total. The van der Waals surface area contributed by atoms with E-state index in [1.165, 1.54) is 0 Å². The second kappa shape index (κ2) is 7.72. The van der Waals surface area contributed by atoms with E-state index < -0.39 is 5.91 Å². The fraction of sp³-hybridized carbons (Fsp3) is 0.391. The van der Waals surface area contributed by atoms with Gasteiger partial charge in [0.15, 0.2) is 5.65 Å². The number of nitrogens with zero attached hydrogens (tertiary/aromatic N) is 2. The Morgan fingerprint density at radius 1 is 1.37 bits per heavy atom. The van der Waals surface area contributed by atoms with E-state index in [9.17, 15) is 9.18 Å². The highest BCUT2D eigenvalue weighted by molar-refractivity contribution is 5.97. The predicted octanol–water partition coefficient (Wildman–Crippen LogP) is 3.19. The molecule has 30 heavy (non-hydrogen) atoms. The van der Waals surface area contributed by atoms with Crippen LogP contribution in [0.1, 0.15) is 50.9 Å². The summed E-state index contributed by atoms with van der Waals surface area (Å²) >= 11 is 0. The molecule has 3 aromatic rings. The van der Waals surface area contributed by atoms with Gasteiger partial charge in [0.2, 0.25) is 0 Å². The minimum absolute atomic E-state index is 0.115. The SMILES string of the molecule is CCc1cc(F)cc(C)c1CNC1CNc2c(c(C(N)=O)cn3c(C)c(C)nc23)C1. The number of nitrogens with two attached hydrogens (primary N) is 1. The number of anilines is 1. The van der Waals surface area contributed by atoms with Gasteiger partial charge in [-0.3, -0.25) is 4.79 Å². The van der Waals surface area contributed by atoms with Crippen molar-refractivity contribution in [3.05, 3.63) is 63.4 Å². The second-order valence-corrected chi connectivity index (χ2v) is 8.11. The van der Waals surface area contributed by atoms with Crippen LogP contribution >= 0.6 is 0 Å². The van der Waals surface area contributed by atoms with Gasteiger partial charge in [-0.05, 0) is 68.0 Å². The molecule has 0 saturated carbocycles. The van der Waals surface area contributed by atoms with Crippen molar-refractivity contribution in [2.24, 2.45) is 5.73 Å². The molecule has 0 spiro atoms. The van der Waals surface area contributed by atoms with Crippen LogP contribution in [-0.2, 0) is 19.4 Å². The fourth-order valence-corrected chi connectivity index (χ4v) is 4.39. The first-order chi connectivity index (χ1) is 14.3. The van der Waals surface area contributed by atoms with Crippen molar-refractivity contribution in [2.75, 3.05) is 11.9 Å². The van der Waals surface area contributed by atoms with E-state index in [0.717, 1.165) is 51.4 Å². The molecule has 0 bridgehead atoms. The first-order valence-electron chi connectivity index (χ1n) is 10.4. The molecule has 0 saturated heterocycles. The number of carbonyl (C=O) groups is 1. The van der Waals surface area contributed by atoms with Gasteiger partial charge >= 0.3 is 0 Å². The summed E-state index contributed by atoms with van der Waals surface area (Å²) in [6.45, 7) is 9.27. The lowest BCUT2D eigenvalue weighted by molar-refractivity contribution is 0.0999. The highest BCUT2D eigenvalue weighted by Gasteiger charge is 2.27. The Balaban J connectivity index is 1.63. The number of aryl methyl sites for hydroxylation is 4. The highest BCUT2D eigenvalue weighted by Crippen LogP contribution is 2.31. The number of amides is 1. The molecule has 7 heteroatoms. The number of fused-ring (bicyclic) bond motifs is 3. The number of imidazole rings is 1. The van der Waals surface area contributed by atoms with Crippen molar-refractivity contribution >= 4 is 17.2 Å². The minimum atomic E-state index is -0.441. The average Bonchev–Trinajstić information content (AvgIpc) is 2.99. The molecule has 1 unspecified atom stereocenters. The van der Waals surface area contributed by atoms with Gasteiger partial charge in [-0.2, -0.15) is 0 Å². The Morgan fingerprint density at radius 2 is 2.13 bits per heavy atom. The summed E-state index contributed by atoms with van der Waals surface area (Å²) in [7, 11) is 0. The van der Waals surface area contributed by atoms with Gasteiger partial charge in [-0.15, -0.1) is 0 Å². The van der Waals surface area contributed by atoms with Crippen LogP contribution < -0.4 is 16.4 Å². The third kappa shape index (κ3) is 3.43.